The lowest BCUT2D eigenvalue weighted by Crippen LogP contribution is -2.10. The average Bonchev–Trinajstić information content (AvgIpc) is 3.74. The molecule has 1 N–H and O–H groups in total. The van der Waals surface area contributed by atoms with Crippen LogP contribution in [0.15, 0.2) is 87.9 Å². The van der Waals surface area contributed by atoms with Crippen LogP contribution >= 0.6 is 11.3 Å². The summed E-state index contributed by atoms with van der Waals surface area (Å²) in [6.07, 6.45) is 3.03. The van der Waals surface area contributed by atoms with Crippen molar-refractivity contribution in [2.24, 2.45) is 0 Å². The number of hydrogen-bond donors (Lipinski definition) is 1. The summed E-state index contributed by atoms with van der Waals surface area (Å²) in [5, 5.41) is 13.8. The number of nitrogens with one attached hydrogen (secondary N) is 1. The van der Waals surface area contributed by atoms with Crippen molar-refractivity contribution in [3.05, 3.63) is 107 Å². The van der Waals surface area contributed by atoms with E-state index < -0.39 is 5.91 Å². The van der Waals surface area contributed by atoms with Crippen molar-refractivity contribution in [2.75, 3.05) is 11.9 Å². The normalized spacial score (nSPS) is 11.2. The maximum absolute atomic E-state index is 12.7. The molecule has 0 aliphatic carbocycles. The molecule has 0 spiro atoms. The molecule has 1 amide bonds. The molecule has 8 nitrogen and oxygen atoms in total. The lowest BCUT2D eigenvalue weighted by atomic mass is 10.1. The Bertz CT molecular complexity index is 1720. The molecule has 198 valence electrons. The number of esters is 1. The van der Waals surface area contributed by atoms with Gasteiger partial charge in [0.05, 0.1) is 24.0 Å². The number of allylic oxidation sites excluding steroid dienone is 1. The van der Waals surface area contributed by atoms with Crippen LogP contribution in [0.25, 0.3) is 34.2 Å². The molecule has 0 aliphatic heterocycles. The smallest absolute Gasteiger partial charge is 0.338 e. The minimum absolute atomic E-state index is 0.166. The molecule has 0 atom stereocenters. The molecular formula is C31H23N3O5S. The molecule has 0 bridgehead atoms. The molecule has 5 aromatic rings. The standard InChI is InChI=1S/C31H23N3O5S/c1-3-37-31(36)22-12-10-20(11-13-22)25-15-14-24(39-25)17-23(18-32)29-33-27(21-8-6-19(2)7-9-21)30(40-29)34-28(35)26-5-4-16-38-26/h4-17H,3H2,1-2H3,(H,34,35). The van der Waals surface area contributed by atoms with Crippen LogP contribution in [0, 0.1) is 18.3 Å². The molecule has 3 heterocycles. The van der Waals surface area contributed by atoms with Gasteiger partial charge in [0.25, 0.3) is 5.91 Å². The first-order valence-corrected chi connectivity index (χ1v) is 13.2. The minimum Gasteiger partial charge on any atom is -0.462 e. The van der Waals surface area contributed by atoms with E-state index in [4.69, 9.17) is 18.6 Å². The minimum atomic E-state index is -0.416. The molecule has 0 radical (unpaired) electrons. The first-order valence-electron chi connectivity index (χ1n) is 12.4. The van der Waals surface area contributed by atoms with Gasteiger partial charge in [-0.3, -0.25) is 4.79 Å². The summed E-state index contributed by atoms with van der Waals surface area (Å²) in [5.41, 5.74) is 3.92. The first kappa shape index (κ1) is 26.4. The number of hydrogen-bond acceptors (Lipinski definition) is 8. The van der Waals surface area contributed by atoms with E-state index in [9.17, 15) is 14.9 Å². The highest BCUT2D eigenvalue weighted by atomic mass is 32.1. The summed E-state index contributed by atoms with van der Waals surface area (Å²) in [7, 11) is 0. The molecule has 0 saturated carbocycles. The van der Waals surface area contributed by atoms with Crippen LogP contribution in [0.4, 0.5) is 5.00 Å². The van der Waals surface area contributed by atoms with Crippen molar-refractivity contribution < 1.29 is 23.2 Å². The van der Waals surface area contributed by atoms with E-state index in [-0.39, 0.29) is 17.3 Å². The third kappa shape index (κ3) is 5.77. The third-order valence-corrected chi connectivity index (χ3v) is 6.87. The van der Waals surface area contributed by atoms with Gasteiger partial charge in [0, 0.05) is 17.2 Å². The van der Waals surface area contributed by atoms with Gasteiger partial charge in [-0.1, -0.05) is 53.3 Å². The van der Waals surface area contributed by atoms with Crippen LogP contribution in [0.2, 0.25) is 0 Å². The lowest BCUT2D eigenvalue weighted by molar-refractivity contribution is 0.0526. The molecule has 40 heavy (non-hydrogen) atoms. The summed E-state index contributed by atoms with van der Waals surface area (Å²) < 4.78 is 16.2. The molecule has 0 saturated heterocycles. The second kappa shape index (κ2) is 11.7. The van der Waals surface area contributed by atoms with E-state index in [2.05, 4.69) is 11.4 Å². The lowest BCUT2D eigenvalue weighted by Gasteiger charge is -2.04. The maximum Gasteiger partial charge on any atom is 0.338 e. The van der Waals surface area contributed by atoms with Crippen molar-refractivity contribution >= 4 is 39.9 Å². The Labute approximate surface area is 234 Å². The molecule has 0 unspecified atom stereocenters. The quantitative estimate of drug-likeness (QED) is 0.158. The monoisotopic (exact) mass is 549 g/mol. The van der Waals surface area contributed by atoms with Crippen molar-refractivity contribution in [3.8, 4) is 28.7 Å². The number of ether oxygens (including phenoxy) is 1. The van der Waals surface area contributed by atoms with Crippen molar-refractivity contribution in [1.82, 2.24) is 4.98 Å². The number of thiazole rings is 1. The fraction of sp³-hybridized carbons (Fsp3) is 0.0968. The Hall–Kier alpha value is -5.20. The van der Waals surface area contributed by atoms with Crippen LogP contribution in [0.3, 0.4) is 0 Å². The molecule has 0 aliphatic rings. The van der Waals surface area contributed by atoms with Crippen LogP contribution in [-0.4, -0.2) is 23.5 Å². The third-order valence-electron chi connectivity index (χ3n) is 5.87. The van der Waals surface area contributed by atoms with Crippen molar-refractivity contribution in [2.45, 2.75) is 13.8 Å². The van der Waals surface area contributed by atoms with Gasteiger partial charge in [-0.2, -0.15) is 5.26 Å². The number of rotatable bonds is 8. The fourth-order valence-electron chi connectivity index (χ4n) is 3.85. The maximum atomic E-state index is 12.7. The van der Waals surface area contributed by atoms with Crippen molar-refractivity contribution in [3.63, 3.8) is 0 Å². The molecular weight excluding hydrogens is 526 g/mol. The Morgan fingerprint density at radius 1 is 1.05 bits per heavy atom. The summed E-state index contributed by atoms with van der Waals surface area (Å²) in [6.45, 7) is 4.05. The van der Waals surface area contributed by atoms with Crippen molar-refractivity contribution in [1.29, 1.82) is 5.26 Å². The van der Waals surface area contributed by atoms with E-state index in [1.54, 1.807) is 61.5 Å². The topological polar surface area (TPSA) is 118 Å². The molecule has 5 rings (SSSR count). The predicted octanol–water partition coefficient (Wildman–Crippen LogP) is 7.46. The average molecular weight is 550 g/mol. The molecule has 9 heteroatoms. The number of aryl methyl sites for hydroxylation is 1. The highest BCUT2D eigenvalue weighted by Crippen LogP contribution is 2.37. The zero-order valence-electron chi connectivity index (χ0n) is 21.6. The van der Waals surface area contributed by atoms with E-state index in [0.29, 0.717) is 39.4 Å². The van der Waals surface area contributed by atoms with Crippen LogP contribution < -0.4 is 5.32 Å². The number of nitrogens with zero attached hydrogens (tertiary/aromatic N) is 2. The van der Waals surface area contributed by atoms with Crippen LogP contribution in [0.1, 0.15) is 44.2 Å². The summed E-state index contributed by atoms with van der Waals surface area (Å²) >= 11 is 1.19. The number of nitriles is 1. The molecule has 0 fully saturated rings. The largest absolute Gasteiger partial charge is 0.462 e. The van der Waals surface area contributed by atoms with Gasteiger partial charge in [-0.25, -0.2) is 9.78 Å². The fourth-order valence-corrected chi connectivity index (χ4v) is 4.80. The Balaban J connectivity index is 1.45. The highest BCUT2D eigenvalue weighted by molar-refractivity contribution is 7.17. The number of carbonyl (C=O) groups is 2. The number of benzene rings is 2. The summed E-state index contributed by atoms with van der Waals surface area (Å²) in [5.74, 6) is 0.392. The molecule has 2 aromatic carbocycles. The van der Waals surface area contributed by atoms with Gasteiger partial charge in [-0.05, 0) is 50.2 Å². The van der Waals surface area contributed by atoms with Gasteiger partial charge in [0.1, 0.15) is 33.3 Å². The van der Waals surface area contributed by atoms with Gasteiger partial charge in [0.2, 0.25) is 0 Å². The second-order valence-corrected chi connectivity index (χ2v) is 9.66. The van der Waals surface area contributed by atoms with E-state index in [1.807, 2.05) is 31.2 Å². The number of aromatic nitrogens is 1. The Morgan fingerprint density at radius 3 is 2.48 bits per heavy atom. The van der Waals surface area contributed by atoms with E-state index >= 15 is 0 Å². The summed E-state index contributed by atoms with van der Waals surface area (Å²) in [6, 6.07) is 23.6. The van der Waals surface area contributed by atoms with Gasteiger partial charge in [0.15, 0.2) is 5.76 Å². The van der Waals surface area contributed by atoms with Gasteiger partial charge >= 0.3 is 5.97 Å². The second-order valence-electron chi connectivity index (χ2n) is 8.66. The first-order chi connectivity index (χ1) is 19.4. The zero-order chi connectivity index (χ0) is 28.1. The van der Waals surface area contributed by atoms with Crippen LogP contribution in [0.5, 0.6) is 0 Å². The van der Waals surface area contributed by atoms with E-state index in [0.717, 1.165) is 16.7 Å². The Kier molecular flexibility index (Phi) is 7.71. The SMILES string of the molecule is CCOC(=O)c1ccc(-c2ccc(C=C(C#N)c3nc(-c4ccc(C)cc4)c(NC(=O)c4ccco4)s3)o2)cc1. The zero-order valence-corrected chi connectivity index (χ0v) is 22.5. The van der Waals surface area contributed by atoms with Gasteiger partial charge in [-0.15, -0.1) is 0 Å². The van der Waals surface area contributed by atoms with Gasteiger partial charge < -0.3 is 18.9 Å². The molecule has 3 aromatic heterocycles. The predicted molar refractivity (Wildman–Crippen MR) is 153 cm³/mol. The number of carbonyl (C=O) groups excluding carboxylic acids is 2. The van der Waals surface area contributed by atoms with Crippen LogP contribution in [-0.2, 0) is 4.74 Å². The number of anilines is 1. The Morgan fingerprint density at radius 2 is 1.80 bits per heavy atom. The highest BCUT2D eigenvalue weighted by Gasteiger charge is 2.20. The summed E-state index contributed by atoms with van der Waals surface area (Å²) in [4.78, 5) is 29.4. The number of amides is 1. The number of furan rings is 2. The van der Waals surface area contributed by atoms with E-state index in [1.165, 1.54) is 17.6 Å².